The fourth-order valence-corrected chi connectivity index (χ4v) is 0.736. The van der Waals surface area contributed by atoms with Gasteiger partial charge in [0.1, 0.15) is 0 Å². The number of hydrogen-bond acceptors (Lipinski definition) is 6. The average molecular weight is 234 g/mol. The van der Waals surface area contributed by atoms with Gasteiger partial charge >= 0.3 is 11.9 Å². The first-order chi connectivity index (χ1) is 7.62. The lowest BCUT2D eigenvalue weighted by molar-refractivity contribution is -0.141. The number of carbonyl (C=O) groups is 2. The third kappa shape index (κ3) is 15.3. The minimum absolute atomic E-state index is 0.150. The first-order valence-electron chi connectivity index (χ1n) is 5.16. The second kappa shape index (κ2) is 13.9. The highest BCUT2D eigenvalue weighted by atomic mass is 16.5. The van der Waals surface area contributed by atoms with E-state index in [0.717, 1.165) is 12.8 Å². The van der Waals surface area contributed by atoms with Crippen LogP contribution in [0.1, 0.15) is 25.7 Å². The maximum absolute atomic E-state index is 10.4. The van der Waals surface area contributed by atoms with Gasteiger partial charge in [-0.25, -0.2) is 0 Å². The van der Waals surface area contributed by atoms with Gasteiger partial charge in [-0.2, -0.15) is 0 Å². The average Bonchev–Trinajstić information content (AvgIpc) is 2.30. The third-order valence-electron chi connectivity index (χ3n) is 1.64. The molecule has 0 radical (unpaired) electrons. The lowest BCUT2D eigenvalue weighted by atomic mass is 10.2. The van der Waals surface area contributed by atoms with Crippen LogP contribution < -0.4 is 11.5 Å². The summed E-state index contributed by atoms with van der Waals surface area (Å²) in [6.07, 6.45) is 2.54. The minimum atomic E-state index is -0.248. The number of carbonyl (C=O) groups excluding carboxylic acids is 2. The standard InChI is InChI=1S/C6H13NO2.C4H9NO2/c1-9-6(8)4-2-3-5-7;1-7-4(6)2-3-5/h2-5,7H2,1H3;2-3,5H2,1H3. The normalized spacial score (nSPS) is 8.75. The molecule has 0 aliphatic carbocycles. The lowest BCUT2D eigenvalue weighted by Gasteiger charge is -1.95. The zero-order valence-corrected chi connectivity index (χ0v) is 10.0. The molecule has 0 heterocycles. The van der Waals surface area contributed by atoms with Crippen LogP contribution in [0, 0.1) is 0 Å². The van der Waals surface area contributed by atoms with Crippen molar-refractivity contribution < 1.29 is 19.1 Å². The van der Waals surface area contributed by atoms with E-state index in [1.54, 1.807) is 0 Å². The van der Waals surface area contributed by atoms with Gasteiger partial charge in [0.25, 0.3) is 0 Å². The predicted octanol–water partition coefficient (Wildman–Crippen LogP) is -0.203. The number of nitrogens with two attached hydrogens (primary N) is 2. The molecule has 0 rings (SSSR count). The molecular weight excluding hydrogens is 212 g/mol. The Morgan fingerprint density at radius 3 is 1.69 bits per heavy atom. The molecule has 0 fully saturated rings. The summed E-state index contributed by atoms with van der Waals surface area (Å²) < 4.78 is 8.69. The van der Waals surface area contributed by atoms with E-state index in [9.17, 15) is 9.59 Å². The topological polar surface area (TPSA) is 105 Å². The summed E-state index contributed by atoms with van der Waals surface area (Å²) in [4.78, 5) is 20.5. The highest BCUT2D eigenvalue weighted by Gasteiger charge is 1.96. The Morgan fingerprint density at radius 2 is 1.38 bits per heavy atom. The van der Waals surface area contributed by atoms with Gasteiger partial charge in [0, 0.05) is 13.0 Å². The van der Waals surface area contributed by atoms with Crippen molar-refractivity contribution >= 4 is 11.9 Å². The molecule has 4 N–H and O–H groups in total. The second-order valence-corrected chi connectivity index (χ2v) is 2.94. The monoisotopic (exact) mass is 234 g/mol. The van der Waals surface area contributed by atoms with E-state index in [2.05, 4.69) is 9.47 Å². The zero-order chi connectivity index (χ0) is 12.8. The number of ether oxygens (including phenoxy) is 2. The van der Waals surface area contributed by atoms with Crippen molar-refractivity contribution in [2.45, 2.75) is 25.7 Å². The molecule has 0 bridgehead atoms. The molecule has 0 saturated heterocycles. The first-order valence-corrected chi connectivity index (χ1v) is 5.16. The van der Waals surface area contributed by atoms with Gasteiger partial charge in [0.2, 0.25) is 0 Å². The highest BCUT2D eigenvalue weighted by Crippen LogP contribution is 1.94. The third-order valence-corrected chi connectivity index (χ3v) is 1.64. The fraction of sp³-hybridized carbons (Fsp3) is 0.800. The van der Waals surface area contributed by atoms with Gasteiger partial charge in [-0.1, -0.05) is 0 Å². The van der Waals surface area contributed by atoms with Gasteiger partial charge in [0.05, 0.1) is 20.6 Å². The molecule has 0 amide bonds. The smallest absolute Gasteiger partial charge is 0.306 e. The molecule has 0 aliphatic rings. The molecule has 96 valence electrons. The SMILES string of the molecule is COC(=O)CCCCN.COC(=O)CCN. The first kappa shape index (κ1) is 17.3. The number of rotatable bonds is 6. The fourth-order valence-electron chi connectivity index (χ4n) is 0.736. The van der Waals surface area contributed by atoms with Gasteiger partial charge in [-0.05, 0) is 19.4 Å². The number of esters is 2. The summed E-state index contributed by atoms with van der Waals surface area (Å²) in [6, 6.07) is 0. The van der Waals surface area contributed by atoms with Crippen LogP contribution in [-0.4, -0.2) is 39.2 Å². The highest BCUT2D eigenvalue weighted by molar-refractivity contribution is 5.69. The van der Waals surface area contributed by atoms with Crippen LogP contribution >= 0.6 is 0 Å². The van der Waals surface area contributed by atoms with Crippen molar-refractivity contribution in [2.24, 2.45) is 11.5 Å². The van der Waals surface area contributed by atoms with Crippen LogP contribution in [0.3, 0.4) is 0 Å². The summed E-state index contributed by atoms with van der Waals surface area (Å²) in [6.45, 7) is 1.02. The van der Waals surface area contributed by atoms with Crippen molar-refractivity contribution in [3.8, 4) is 0 Å². The van der Waals surface area contributed by atoms with Crippen LogP contribution in [0.25, 0.3) is 0 Å². The van der Waals surface area contributed by atoms with Crippen molar-refractivity contribution in [2.75, 3.05) is 27.3 Å². The maximum atomic E-state index is 10.4. The molecule has 6 heteroatoms. The molecule has 0 saturated carbocycles. The van der Waals surface area contributed by atoms with E-state index in [1.807, 2.05) is 0 Å². The van der Waals surface area contributed by atoms with E-state index >= 15 is 0 Å². The Morgan fingerprint density at radius 1 is 0.875 bits per heavy atom. The van der Waals surface area contributed by atoms with Crippen LogP contribution in [0.15, 0.2) is 0 Å². The van der Waals surface area contributed by atoms with E-state index < -0.39 is 0 Å². The van der Waals surface area contributed by atoms with E-state index in [0.29, 0.717) is 25.9 Å². The lowest BCUT2D eigenvalue weighted by Crippen LogP contribution is -2.08. The van der Waals surface area contributed by atoms with Crippen LogP contribution in [0.4, 0.5) is 0 Å². The molecule has 0 aromatic rings. The maximum Gasteiger partial charge on any atom is 0.306 e. The Labute approximate surface area is 96.3 Å². The van der Waals surface area contributed by atoms with E-state index in [-0.39, 0.29) is 11.9 Å². The van der Waals surface area contributed by atoms with Crippen molar-refractivity contribution in [1.82, 2.24) is 0 Å². The van der Waals surface area contributed by atoms with Crippen molar-refractivity contribution in [3.63, 3.8) is 0 Å². The molecule has 0 aliphatic heterocycles. The molecule has 0 atom stereocenters. The van der Waals surface area contributed by atoms with Crippen LogP contribution in [-0.2, 0) is 19.1 Å². The molecule has 0 unspecified atom stereocenters. The number of unbranched alkanes of at least 4 members (excludes halogenated alkanes) is 1. The largest absolute Gasteiger partial charge is 0.469 e. The Bertz CT molecular complexity index is 186. The summed E-state index contributed by atoms with van der Waals surface area (Å²) in [5, 5.41) is 0. The summed E-state index contributed by atoms with van der Waals surface area (Å²) in [5.41, 5.74) is 10.2. The van der Waals surface area contributed by atoms with E-state index in [4.69, 9.17) is 11.5 Å². The van der Waals surface area contributed by atoms with Gasteiger partial charge in [-0.15, -0.1) is 0 Å². The molecular formula is C10H22N2O4. The molecule has 0 spiro atoms. The quantitative estimate of drug-likeness (QED) is 0.487. The minimum Gasteiger partial charge on any atom is -0.469 e. The molecule has 16 heavy (non-hydrogen) atoms. The molecule has 0 aromatic heterocycles. The number of hydrogen-bond donors (Lipinski definition) is 2. The number of methoxy groups -OCH3 is 2. The Kier molecular flexibility index (Phi) is 15.0. The van der Waals surface area contributed by atoms with Crippen molar-refractivity contribution in [1.29, 1.82) is 0 Å². The van der Waals surface area contributed by atoms with Crippen LogP contribution in [0.5, 0.6) is 0 Å². The van der Waals surface area contributed by atoms with Gasteiger partial charge in [0.15, 0.2) is 0 Å². The Balaban J connectivity index is 0. The van der Waals surface area contributed by atoms with Crippen molar-refractivity contribution in [3.05, 3.63) is 0 Å². The summed E-state index contributed by atoms with van der Waals surface area (Å²) in [7, 11) is 2.74. The van der Waals surface area contributed by atoms with E-state index in [1.165, 1.54) is 14.2 Å². The van der Waals surface area contributed by atoms with Crippen LogP contribution in [0.2, 0.25) is 0 Å². The van der Waals surface area contributed by atoms with Gasteiger partial charge in [-0.3, -0.25) is 9.59 Å². The predicted molar refractivity (Wildman–Crippen MR) is 60.6 cm³/mol. The zero-order valence-electron chi connectivity index (χ0n) is 10.0. The Hall–Kier alpha value is -1.14. The summed E-state index contributed by atoms with van der Waals surface area (Å²) >= 11 is 0. The second-order valence-electron chi connectivity index (χ2n) is 2.94. The summed E-state index contributed by atoms with van der Waals surface area (Å²) in [5.74, 6) is -0.397. The molecule has 6 nitrogen and oxygen atoms in total. The van der Waals surface area contributed by atoms with Gasteiger partial charge < -0.3 is 20.9 Å². The molecule has 0 aromatic carbocycles.